The Morgan fingerprint density at radius 2 is 1.33 bits per heavy atom. The maximum Gasteiger partial charge on any atom is 0.309 e. The van der Waals surface area contributed by atoms with Crippen LogP contribution in [0.25, 0.3) is 0 Å². The molecule has 1 saturated carbocycles. The molecule has 0 spiro atoms. The number of esters is 1. The van der Waals surface area contributed by atoms with Gasteiger partial charge in [0.2, 0.25) is 0 Å². The third-order valence-corrected chi connectivity index (χ3v) is 5.46. The maximum absolute atomic E-state index is 12.2. The molecule has 0 aromatic carbocycles. The molecule has 1 aliphatic rings. The van der Waals surface area contributed by atoms with Gasteiger partial charge in [-0.2, -0.15) is 0 Å². The zero-order valence-electron chi connectivity index (χ0n) is 16.5. The fraction of sp³-hybridized carbons (Fsp3) is 0.955. The number of carbonyl (C=O) groups excluding carboxylic acids is 1. The van der Waals surface area contributed by atoms with E-state index >= 15 is 0 Å². The van der Waals surface area contributed by atoms with Gasteiger partial charge in [-0.3, -0.25) is 4.79 Å². The SMILES string of the molecule is CCCCCCCCCCCCC(CCC)OC(=O)C1CCCC1. The van der Waals surface area contributed by atoms with Crippen LogP contribution in [0, 0.1) is 5.92 Å². The lowest BCUT2D eigenvalue weighted by atomic mass is 10.0. The van der Waals surface area contributed by atoms with Gasteiger partial charge in [0, 0.05) is 0 Å². The molecule has 0 radical (unpaired) electrons. The van der Waals surface area contributed by atoms with E-state index in [1.807, 2.05) is 0 Å². The molecule has 1 unspecified atom stereocenters. The van der Waals surface area contributed by atoms with Gasteiger partial charge in [-0.1, -0.05) is 90.9 Å². The molecule has 0 saturated heterocycles. The lowest BCUT2D eigenvalue weighted by Gasteiger charge is -2.19. The summed E-state index contributed by atoms with van der Waals surface area (Å²) >= 11 is 0. The van der Waals surface area contributed by atoms with Crippen molar-refractivity contribution < 1.29 is 9.53 Å². The summed E-state index contributed by atoms with van der Waals surface area (Å²) in [6, 6.07) is 0. The van der Waals surface area contributed by atoms with Crippen molar-refractivity contribution in [3.8, 4) is 0 Å². The molecule has 0 aromatic heterocycles. The van der Waals surface area contributed by atoms with Crippen LogP contribution >= 0.6 is 0 Å². The summed E-state index contributed by atoms with van der Waals surface area (Å²) < 4.78 is 5.82. The molecule has 1 aliphatic carbocycles. The van der Waals surface area contributed by atoms with E-state index in [4.69, 9.17) is 4.74 Å². The van der Waals surface area contributed by atoms with Crippen LogP contribution in [0.5, 0.6) is 0 Å². The van der Waals surface area contributed by atoms with Crippen LogP contribution in [-0.4, -0.2) is 12.1 Å². The van der Waals surface area contributed by atoms with Gasteiger partial charge in [-0.15, -0.1) is 0 Å². The molecule has 1 rings (SSSR count). The summed E-state index contributed by atoms with van der Waals surface area (Å²) in [6.07, 6.45) is 21.6. The normalized spacial score (nSPS) is 16.4. The number of hydrogen-bond donors (Lipinski definition) is 0. The molecule has 142 valence electrons. The van der Waals surface area contributed by atoms with E-state index in [9.17, 15) is 4.79 Å². The topological polar surface area (TPSA) is 26.3 Å². The molecule has 0 amide bonds. The summed E-state index contributed by atoms with van der Waals surface area (Å²) in [6.45, 7) is 4.46. The minimum atomic E-state index is 0.0954. The summed E-state index contributed by atoms with van der Waals surface area (Å²) in [5, 5.41) is 0. The zero-order chi connectivity index (χ0) is 17.5. The highest BCUT2D eigenvalue weighted by molar-refractivity contribution is 5.72. The van der Waals surface area contributed by atoms with E-state index < -0.39 is 0 Å². The Morgan fingerprint density at radius 3 is 1.88 bits per heavy atom. The first kappa shape index (κ1) is 21.5. The van der Waals surface area contributed by atoms with E-state index in [1.165, 1.54) is 77.0 Å². The van der Waals surface area contributed by atoms with E-state index in [-0.39, 0.29) is 18.0 Å². The second kappa shape index (κ2) is 14.8. The zero-order valence-corrected chi connectivity index (χ0v) is 16.5. The molecule has 24 heavy (non-hydrogen) atoms. The Kier molecular flexibility index (Phi) is 13.3. The Bertz CT molecular complexity index is 294. The highest BCUT2D eigenvalue weighted by atomic mass is 16.5. The van der Waals surface area contributed by atoms with Crippen LogP contribution < -0.4 is 0 Å². The lowest BCUT2D eigenvalue weighted by Crippen LogP contribution is -2.23. The summed E-state index contributed by atoms with van der Waals surface area (Å²) in [4.78, 5) is 12.2. The Morgan fingerprint density at radius 1 is 0.792 bits per heavy atom. The van der Waals surface area contributed by atoms with Crippen molar-refractivity contribution in [1.29, 1.82) is 0 Å². The molecule has 1 atom stereocenters. The van der Waals surface area contributed by atoms with Crippen molar-refractivity contribution in [1.82, 2.24) is 0 Å². The number of carbonyl (C=O) groups is 1. The minimum absolute atomic E-state index is 0.0954. The Balaban J connectivity index is 2.01. The van der Waals surface area contributed by atoms with E-state index in [2.05, 4.69) is 13.8 Å². The number of ether oxygens (including phenoxy) is 1. The van der Waals surface area contributed by atoms with Gasteiger partial charge in [0.1, 0.15) is 6.10 Å². The first-order valence-electron chi connectivity index (χ1n) is 11.0. The van der Waals surface area contributed by atoms with Crippen LogP contribution in [0.3, 0.4) is 0 Å². The molecule has 0 heterocycles. The number of rotatable bonds is 15. The Labute approximate surface area is 151 Å². The molecule has 0 aliphatic heterocycles. The van der Waals surface area contributed by atoms with Crippen LogP contribution in [0.4, 0.5) is 0 Å². The van der Waals surface area contributed by atoms with Gasteiger partial charge in [-0.05, 0) is 32.1 Å². The first-order chi connectivity index (χ1) is 11.8. The molecule has 0 aromatic rings. The van der Waals surface area contributed by atoms with Crippen LogP contribution in [0.2, 0.25) is 0 Å². The largest absolute Gasteiger partial charge is 0.462 e. The van der Waals surface area contributed by atoms with Crippen molar-refractivity contribution in [2.24, 2.45) is 5.92 Å². The van der Waals surface area contributed by atoms with E-state index in [1.54, 1.807) is 0 Å². The van der Waals surface area contributed by atoms with Gasteiger partial charge in [0.25, 0.3) is 0 Å². The monoisotopic (exact) mass is 338 g/mol. The highest BCUT2D eigenvalue weighted by Crippen LogP contribution is 2.27. The quantitative estimate of drug-likeness (QED) is 0.233. The smallest absolute Gasteiger partial charge is 0.309 e. The van der Waals surface area contributed by atoms with Crippen LogP contribution in [-0.2, 0) is 9.53 Å². The van der Waals surface area contributed by atoms with Crippen molar-refractivity contribution in [2.45, 2.75) is 129 Å². The van der Waals surface area contributed by atoms with Gasteiger partial charge >= 0.3 is 5.97 Å². The summed E-state index contributed by atoms with van der Waals surface area (Å²) in [5.41, 5.74) is 0. The Hall–Kier alpha value is -0.530. The standard InChI is InChI=1S/C22H42O2/c1-3-5-6-7-8-9-10-11-12-13-19-21(16-4-2)24-22(23)20-17-14-15-18-20/h20-21H,3-19H2,1-2H3. The molecule has 0 bridgehead atoms. The van der Waals surface area contributed by atoms with Crippen molar-refractivity contribution >= 4 is 5.97 Å². The van der Waals surface area contributed by atoms with Crippen LogP contribution in [0.1, 0.15) is 123 Å². The van der Waals surface area contributed by atoms with Gasteiger partial charge in [0.15, 0.2) is 0 Å². The predicted molar refractivity (Wildman–Crippen MR) is 103 cm³/mol. The lowest BCUT2D eigenvalue weighted by molar-refractivity contribution is -0.154. The second-order valence-electron chi connectivity index (χ2n) is 7.80. The predicted octanol–water partition coefficient (Wildman–Crippen LogP) is 7.20. The van der Waals surface area contributed by atoms with Gasteiger partial charge < -0.3 is 4.74 Å². The van der Waals surface area contributed by atoms with Crippen molar-refractivity contribution in [2.75, 3.05) is 0 Å². The second-order valence-corrected chi connectivity index (χ2v) is 7.80. The highest BCUT2D eigenvalue weighted by Gasteiger charge is 2.26. The minimum Gasteiger partial charge on any atom is -0.462 e. The van der Waals surface area contributed by atoms with Crippen LogP contribution in [0.15, 0.2) is 0 Å². The van der Waals surface area contributed by atoms with Gasteiger partial charge in [-0.25, -0.2) is 0 Å². The molecule has 0 N–H and O–H groups in total. The fourth-order valence-electron chi connectivity index (χ4n) is 3.87. The fourth-order valence-corrected chi connectivity index (χ4v) is 3.87. The van der Waals surface area contributed by atoms with Gasteiger partial charge in [0.05, 0.1) is 5.92 Å². The maximum atomic E-state index is 12.2. The average Bonchev–Trinajstić information content (AvgIpc) is 3.11. The van der Waals surface area contributed by atoms with E-state index in [0.29, 0.717) is 0 Å². The number of unbranched alkanes of at least 4 members (excludes halogenated alkanes) is 9. The van der Waals surface area contributed by atoms with Crippen molar-refractivity contribution in [3.63, 3.8) is 0 Å². The molecule has 1 fully saturated rings. The summed E-state index contributed by atoms with van der Waals surface area (Å²) in [5.74, 6) is 0.301. The third-order valence-electron chi connectivity index (χ3n) is 5.46. The molecular weight excluding hydrogens is 296 g/mol. The number of hydrogen-bond acceptors (Lipinski definition) is 2. The molecule has 2 heteroatoms. The molecular formula is C22H42O2. The molecule has 2 nitrogen and oxygen atoms in total. The first-order valence-corrected chi connectivity index (χ1v) is 11.0. The van der Waals surface area contributed by atoms with E-state index in [0.717, 1.165) is 32.1 Å². The average molecular weight is 339 g/mol. The summed E-state index contributed by atoms with van der Waals surface area (Å²) in [7, 11) is 0. The third kappa shape index (κ3) is 10.4. The van der Waals surface area contributed by atoms with Crippen molar-refractivity contribution in [3.05, 3.63) is 0 Å².